The minimum absolute atomic E-state index is 0.0931. The van der Waals surface area contributed by atoms with Crippen LogP contribution in [0.25, 0.3) is 17.3 Å². The minimum atomic E-state index is -0.255. The molecule has 27 heavy (non-hydrogen) atoms. The lowest BCUT2D eigenvalue weighted by atomic mass is 10.1. The Morgan fingerprint density at radius 2 is 2.15 bits per heavy atom. The molecule has 3 aliphatic rings. The first-order chi connectivity index (χ1) is 13.2. The summed E-state index contributed by atoms with van der Waals surface area (Å²) in [6.45, 7) is 0.524. The van der Waals surface area contributed by atoms with Crippen molar-refractivity contribution in [1.29, 1.82) is 0 Å². The summed E-state index contributed by atoms with van der Waals surface area (Å²) in [6, 6.07) is 5.19. The molecule has 1 amide bonds. The molecule has 0 spiro atoms. The highest BCUT2D eigenvalue weighted by atomic mass is 35.5. The molecule has 1 aromatic carbocycles. The molecule has 134 valence electrons. The number of hydrogen-bond donors (Lipinski definition) is 0. The van der Waals surface area contributed by atoms with E-state index in [4.69, 9.17) is 16.1 Å². The molecule has 0 N–H and O–H groups in total. The van der Waals surface area contributed by atoms with Crippen LogP contribution >= 0.6 is 11.6 Å². The van der Waals surface area contributed by atoms with Crippen LogP contribution in [0.1, 0.15) is 46.7 Å². The number of hydrogen-bond acceptors (Lipinski definition) is 5. The van der Waals surface area contributed by atoms with E-state index in [0.29, 0.717) is 40.3 Å². The first-order valence-electron chi connectivity index (χ1n) is 8.90. The third kappa shape index (κ3) is 2.09. The van der Waals surface area contributed by atoms with E-state index in [1.807, 2.05) is 28.9 Å². The Kier molecular flexibility index (Phi) is 2.97. The van der Waals surface area contributed by atoms with Crippen molar-refractivity contribution < 1.29 is 9.32 Å². The van der Waals surface area contributed by atoms with Gasteiger partial charge in [0.2, 0.25) is 0 Å². The third-order valence-corrected chi connectivity index (χ3v) is 5.67. The first-order valence-corrected chi connectivity index (χ1v) is 9.28. The van der Waals surface area contributed by atoms with Gasteiger partial charge in [-0.25, -0.2) is 4.98 Å². The van der Waals surface area contributed by atoms with Crippen LogP contribution in [-0.4, -0.2) is 37.0 Å². The summed E-state index contributed by atoms with van der Waals surface area (Å²) in [5, 5.41) is 4.54. The number of nitrogens with zero attached hydrogens (tertiary/aromatic N) is 5. The van der Waals surface area contributed by atoms with Gasteiger partial charge in [-0.2, -0.15) is 4.98 Å². The highest BCUT2D eigenvalue weighted by Gasteiger charge is 2.39. The summed E-state index contributed by atoms with van der Waals surface area (Å²) in [5.41, 5.74) is 2.64. The number of halogens is 1. The van der Waals surface area contributed by atoms with Crippen LogP contribution in [0.4, 0.5) is 0 Å². The second-order valence-electron chi connectivity index (χ2n) is 7.04. The second kappa shape index (κ2) is 5.29. The Morgan fingerprint density at radius 1 is 1.26 bits per heavy atom. The molecule has 0 saturated heterocycles. The molecule has 0 bridgehead atoms. The van der Waals surface area contributed by atoms with Gasteiger partial charge >= 0.3 is 0 Å². The Labute approximate surface area is 159 Å². The van der Waals surface area contributed by atoms with E-state index in [9.17, 15) is 4.79 Å². The third-order valence-electron chi connectivity index (χ3n) is 5.35. The predicted molar refractivity (Wildman–Crippen MR) is 96.8 cm³/mol. The lowest BCUT2D eigenvalue weighted by Crippen LogP contribution is -2.30. The van der Waals surface area contributed by atoms with E-state index in [1.165, 1.54) is 0 Å². The van der Waals surface area contributed by atoms with Crippen molar-refractivity contribution in [3.05, 3.63) is 58.8 Å². The van der Waals surface area contributed by atoms with Crippen molar-refractivity contribution in [2.45, 2.75) is 24.8 Å². The van der Waals surface area contributed by atoms with Crippen molar-refractivity contribution in [3.63, 3.8) is 0 Å². The van der Waals surface area contributed by atoms with E-state index in [2.05, 4.69) is 15.1 Å². The molecular formula is C19H14ClN5O2. The number of aromatic nitrogens is 4. The fourth-order valence-electron chi connectivity index (χ4n) is 3.87. The zero-order valence-electron chi connectivity index (χ0n) is 14.2. The molecule has 0 radical (unpaired) electrons. The van der Waals surface area contributed by atoms with Crippen molar-refractivity contribution in [3.8, 4) is 17.3 Å². The maximum Gasteiger partial charge on any atom is 0.278 e. The zero-order chi connectivity index (χ0) is 18.1. The van der Waals surface area contributed by atoms with E-state index in [0.717, 1.165) is 24.4 Å². The average molecular weight is 380 g/mol. The average Bonchev–Trinajstić information content (AvgIpc) is 3.10. The molecule has 1 unspecified atom stereocenters. The Balaban J connectivity index is 1.60. The van der Waals surface area contributed by atoms with Crippen molar-refractivity contribution >= 4 is 17.5 Å². The molecule has 7 nitrogen and oxygen atoms in total. The molecule has 4 heterocycles. The lowest BCUT2D eigenvalue weighted by Gasteiger charge is -2.22. The molecule has 1 aliphatic carbocycles. The van der Waals surface area contributed by atoms with Gasteiger partial charge < -0.3 is 9.42 Å². The molecular weight excluding hydrogens is 366 g/mol. The summed E-state index contributed by atoms with van der Waals surface area (Å²) in [5.74, 6) is 1.43. The van der Waals surface area contributed by atoms with Crippen LogP contribution in [0.5, 0.6) is 0 Å². The van der Waals surface area contributed by atoms with Crippen molar-refractivity contribution in [2.75, 3.05) is 6.54 Å². The van der Waals surface area contributed by atoms with Crippen LogP contribution in [0.2, 0.25) is 5.02 Å². The van der Waals surface area contributed by atoms with Gasteiger partial charge in [-0.1, -0.05) is 35.0 Å². The number of fused-ring (bicyclic) bond motifs is 5. The summed E-state index contributed by atoms with van der Waals surface area (Å²) < 4.78 is 7.43. The van der Waals surface area contributed by atoms with Gasteiger partial charge in [0.1, 0.15) is 6.33 Å². The number of amides is 1. The maximum atomic E-state index is 13.2. The number of carbonyl (C=O) groups excluding carboxylic acids is 1. The van der Waals surface area contributed by atoms with Gasteiger partial charge in [0.05, 0.1) is 28.0 Å². The van der Waals surface area contributed by atoms with Crippen LogP contribution in [0.3, 0.4) is 0 Å². The van der Waals surface area contributed by atoms with Gasteiger partial charge in [0, 0.05) is 12.5 Å². The fourth-order valence-corrected chi connectivity index (χ4v) is 4.12. The van der Waals surface area contributed by atoms with Crippen LogP contribution in [-0.2, 0) is 0 Å². The quantitative estimate of drug-likeness (QED) is 0.637. The Bertz CT molecular complexity index is 1130. The van der Waals surface area contributed by atoms with Crippen molar-refractivity contribution in [1.82, 2.24) is 24.6 Å². The minimum Gasteiger partial charge on any atom is -0.332 e. The topological polar surface area (TPSA) is 77.0 Å². The van der Waals surface area contributed by atoms with E-state index in [-0.39, 0.29) is 11.9 Å². The number of benzene rings is 1. The molecule has 1 saturated carbocycles. The molecule has 2 aromatic heterocycles. The number of imidazole rings is 1. The second-order valence-corrected chi connectivity index (χ2v) is 7.45. The first kappa shape index (κ1) is 15.2. The molecule has 8 heteroatoms. The van der Waals surface area contributed by atoms with Crippen LogP contribution in [0, 0.1) is 0 Å². The van der Waals surface area contributed by atoms with Gasteiger partial charge in [-0.3, -0.25) is 9.36 Å². The van der Waals surface area contributed by atoms with Gasteiger partial charge in [-0.05, 0) is 25.0 Å². The monoisotopic (exact) mass is 379 g/mol. The maximum absolute atomic E-state index is 13.2. The number of rotatable bonds is 2. The largest absolute Gasteiger partial charge is 0.332 e. The summed E-state index contributed by atoms with van der Waals surface area (Å²) in [7, 11) is 0. The zero-order valence-corrected chi connectivity index (χ0v) is 14.9. The summed E-state index contributed by atoms with van der Waals surface area (Å²) in [4.78, 5) is 24.1. The molecule has 2 aliphatic heterocycles. The standard InChI is InChI=1S/C19H14ClN5O2/c20-11-3-1-4-12-14(11)19(26)24-8-2-5-13(24)16-15(21-9-25(12)16)18-22-17(23-27-18)10-6-7-10/h1-5,9-10,13H,6-8H2. The van der Waals surface area contributed by atoms with E-state index < -0.39 is 0 Å². The molecule has 1 atom stereocenters. The highest BCUT2D eigenvalue weighted by Crippen LogP contribution is 2.42. The van der Waals surface area contributed by atoms with E-state index in [1.54, 1.807) is 17.3 Å². The fraction of sp³-hybridized carbons (Fsp3) is 0.263. The van der Waals surface area contributed by atoms with E-state index >= 15 is 0 Å². The molecule has 6 rings (SSSR count). The summed E-state index contributed by atoms with van der Waals surface area (Å²) in [6.07, 6.45) is 7.88. The van der Waals surface area contributed by atoms with Crippen LogP contribution in [0.15, 0.2) is 41.2 Å². The summed E-state index contributed by atoms with van der Waals surface area (Å²) >= 11 is 6.39. The smallest absolute Gasteiger partial charge is 0.278 e. The van der Waals surface area contributed by atoms with Gasteiger partial charge in [0.25, 0.3) is 11.8 Å². The SMILES string of the molecule is O=C1c2c(Cl)cccc2-n2cnc(-c3nc(C4CC4)no3)c2C2C=CCN12. The van der Waals surface area contributed by atoms with Gasteiger partial charge in [0.15, 0.2) is 11.5 Å². The lowest BCUT2D eigenvalue weighted by molar-refractivity contribution is 0.0752. The Morgan fingerprint density at radius 3 is 3.00 bits per heavy atom. The highest BCUT2D eigenvalue weighted by molar-refractivity contribution is 6.34. The number of carbonyl (C=O) groups is 1. The van der Waals surface area contributed by atoms with Crippen LogP contribution < -0.4 is 0 Å². The molecule has 1 fully saturated rings. The molecule has 3 aromatic rings. The predicted octanol–water partition coefficient (Wildman–Crippen LogP) is 3.52. The van der Waals surface area contributed by atoms with Crippen molar-refractivity contribution in [2.24, 2.45) is 0 Å². The normalized spacial score (nSPS) is 20.4. The van der Waals surface area contributed by atoms with Gasteiger partial charge in [-0.15, -0.1) is 0 Å². The Hall–Kier alpha value is -2.93.